The molecule has 306 valence electrons. The average molecular weight is 830 g/mol. The van der Waals surface area contributed by atoms with E-state index in [1.54, 1.807) is 21.9 Å². The highest BCUT2D eigenvalue weighted by Gasteiger charge is 2.62. The minimum Gasteiger partial charge on any atom is -0.472 e. The molecule has 4 fully saturated rings. The molecule has 5 heterocycles. The van der Waals surface area contributed by atoms with Crippen LogP contribution in [-0.4, -0.2) is 93.4 Å². The number of allylic oxidation sites excluding steroid dienone is 1. The second-order valence-corrected chi connectivity index (χ2v) is 19.0. The van der Waals surface area contributed by atoms with Crippen LogP contribution in [-0.2, 0) is 29.1 Å². The fourth-order valence-corrected chi connectivity index (χ4v) is 10.6. The van der Waals surface area contributed by atoms with Gasteiger partial charge in [0.25, 0.3) is 5.91 Å². The molecule has 15 nitrogen and oxygen atoms in total. The maximum absolute atomic E-state index is 14.7. The summed E-state index contributed by atoms with van der Waals surface area (Å²) in [5, 5.41) is 14.7. The molecule has 17 heteroatoms. The van der Waals surface area contributed by atoms with Crippen molar-refractivity contribution < 1.29 is 37.1 Å². The third-order valence-corrected chi connectivity index (χ3v) is 14.6. The lowest BCUT2D eigenvalue weighted by atomic mass is 10.0. The second-order valence-electron chi connectivity index (χ2n) is 16.2. The number of hydrogen-bond donors (Lipinski definition) is 3. The highest BCUT2D eigenvalue weighted by Crippen LogP contribution is 2.46. The van der Waals surface area contributed by atoms with E-state index in [2.05, 4.69) is 15.4 Å². The van der Waals surface area contributed by atoms with Crippen molar-refractivity contribution in [3.05, 3.63) is 59.3 Å². The first-order valence-corrected chi connectivity index (χ1v) is 22.9. The summed E-state index contributed by atoms with van der Waals surface area (Å²) in [6, 6.07) is 9.31. The molecule has 3 aromatic heterocycles. The predicted molar refractivity (Wildman–Crippen MR) is 215 cm³/mol. The largest absolute Gasteiger partial charge is 0.472 e. The van der Waals surface area contributed by atoms with Gasteiger partial charge in [0.05, 0.1) is 23.0 Å². The van der Waals surface area contributed by atoms with E-state index < -0.39 is 68.7 Å². The van der Waals surface area contributed by atoms with Gasteiger partial charge in [0.2, 0.25) is 27.7 Å². The Balaban J connectivity index is 1.04. The van der Waals surface area contributed by atoms with E-state index in [0.29, 0.717) is 49.3 Å². The van der Waals surface area contributed by atoms with Gasteiger partial charge in [-0.1, -0.05) is 37.1 Å². The number of aromatic nitrogens is 3. The Morgan fingerprint density at radius 1 is 0.983 bits per heavy atom. The van der Waals surface area contributed by atoms with Crippen LogP contribution >= 0.6 is 11.3 Å². The monoisotopic (exact) mass is 829 g/mol. The van der Waals surface area contributed by atoms with Crippen LogP contribution in [0.15, 0.2) is 59.3 Å². The standard InChI is InChI=1S/C41H47N7O8S2/c49-37-34-20-28(55-35-21-33(25-18-19-57-24-25)42-36-30-13-8-9-14-31(30)45-48(35)36)23-47(34)38(50)32(43-40(52)56-27-11-6-7-12-27)15-5-3-1-2-4-10-26-22-41(26,44-37)39(51)46-58(53,54)29-16-17-29/h4,8-10,13-14,18-19,21,24,26-29,32,34H,1-3,5-7,11-12,15-17,20,22-23H2,(H,43,52)(H,44,49)(H,46,51)/b10-4-/t26-,28+,32-,34-,41+/m0/s1. The number of amides is 4. The number of thiophene rings is 1. The highest BCUT2D eigenvalue weighted by atomic mass is 32.2. The zero-order chi connectivity index (χ0) is 40.0. The first-order chi connectivity index (χ1) is 28.1. The van der Waals surface area contributed by atoms with Gasteiger partial charge in [-0.05, 0) is 87.8 Å². The molecule has 1 saturated heterocycles. The van der Waals surface area contributed by atoms with E-state index >= 15 is 0 Å². The number of nitrogens with zero attached hydrogens (tertiary/aromatic N) is 4. The molecular formula is C41H47N7O8S2. The van der Waals surface area contributed by atoms with E-state index in [4.69, 9.17) is 19.6 Å². The number of carbonyl (C=O) groups is 4. The summed E-state index contributed by atoms with van der Waals surface area (Å²) in [4.78, 5) is 62.7. The van der Waals surface area contributed by atoms with Gasteiger partial charge < -0.3 is 25.0 Å². The lowest BCUT2D eigenvalue weighted by molar-refractivity contribution is -0.141. The van der Waals surface area contributed by atoms with E-state index in [1.807, 2.05) is 53.2 Å². The Morgan fingerprint density at radius 3 is 2.59 bits per heavy atom. The van der Waals surface area contributed by atoms with Crippen LogP contribution in [0.4, 0.5) is 4.79 Å². The number of carbonyl (C=O) groups excluding carboxylic acids is 4. The molecule has 5 aliphatic rings. The second kappa shape index (κ2) is 15.6. The molecule has 4 aromatic rings. The van der Waals surface area contributed by atoms with Crippen LogP contribution in [0.5, 0.6) is 5.88 Å². The Kier molecular flexibility index (Phi) is 10.4. The van der Waals surface area contributed by atoms with Crippen molar-refractivity contribution in [3.8, 4) is 17.1 Å². The summed E-state index contributed by atoms with van der Waals surface area (Å²) in [6.45, 7) is -0.0102. The third kappa shape index (κ3) is 7.77. The summed E-state index contributed by atoms with van der Waals surface area (Å²) in [5.41, 5.74) is 1.36. The molecule has 4 amide bonds. The molecule has 1 aromatic carbocycles. The number of benzene rings is 1. The highest BCUT2D eigenvalue weighted by molar-refractivity contribution is 7.91. The minimum absolute atomic E-state index is 0.0102. The number of alkyl carbamates (subject to hydrolysis) is 1. The molecule has 58 heavy (non-hydrogen) atoms. The number of nitrogens with one attached hydrogen (secondary N) is 3. The van der Waals surface area contributed by atoms with Crippen molar-refractivity contribution in [2.24, 2.45) is 5.92 Å². The molecule has 5 atom stereocenters. The maximum Gasteiger partial charge on any atom is 0.408 e. The lowest BCUT2D eigenvalue weighted by Crippen LogP contribution is -2.58. The van der Waals surface area contributed by atoms with Gasteiger partial charge in [0.15, 0.2) is 5.65 Å². The van der Waals surface area contributed by atoms with Gasteiger partial charge >= 0.3 is 6.09 Å². The Morgan fingerprint density at radius 2 is 1.79 bits per heavy atom. The van der Waals surface area contributed by atoms with E-state index in [-0.39, 0.29) is 25.5 Å². The fraction of sp³-hybridized carbons (Fsp3) is 0.512. The van der Waals surface area contributed by atoms with Crippen LogP contribution < -0.4 is 20.1 Å². The van der Waals surface area contributed by atoms with Crippen molar-refractivity contribution >= 4 is 61.7 Å². The SMILES string of the molecule is O=C(N[C@H]1CCCCC/C=C\[C@H]2C[C@@]2(C(=O)NS(=O)(=O)C2CC2)NC(=O)[C@@H]2C[C@@H](Oc3cc(-c4ccsc4)nc4c5ccccc5nn34)CN2C1=O)OC1CCCC1. The quantitative estimate of drug-likeness (QED) is 0.204. The minimum atomic E-state index is -3.90. The van der Waals surface area contributed by atoms with Gasteiger partial charge in [-0.2, -0.15) is 21.0 Å². The van der Waals surface area contributed by atoms with Crippen molar-refractivity contribution in [1.29, 1.82) is 0 Å². The van der Waals surface area contributed by atoms with Crippen LogP contribution in [0.25, 0.3) is 27.8 Å². The van der Waals surface area contributed by atoms with Gasteiger partial charge in [0, 0.05) is 34.7 Å². The van der Waals surface area contributed by atoms with Crippen molar-refractivity contribution in [3.63, 3.8) is 0 Å². The Bertz CT molecular complexity index is 2370. The smallest absolute Gasteiger partial charge is 0.408 e. The van der Waals surface area contributed by atoms with E-state index in [9.17, 15) is 27.6 Å². The molecule has 9 rings (SSSR count). The number of hydrogen-bond acceptors (Lipinski definition) is 11. The zero-order valence-electron chi connectivity index (χ0n) is 32.0. The normalized spacial score (nSPS) is 27.6. The Hall–Kier alpha value is -5.03. The summed E-state index contributed by atoms with van der Waals surface area (Å²) >= 11 is 1.54. The number of sulfonamides is 1. The van der Waals surface area contributed by atoms with Gasteiger partial charge in [0.1, 0.15) is 29.8 Å². The molecular weight excluding hydrogens is 783 g/mol. The van der Waals surface area contributed by atoms with Crippen molar-refractivity contribution in [2.45, 2.75) is 119 Å². The summed E-state index contributed by atoms with van der Waals surface area (Å²) < 4.78 is 42.2. The first-order valence-electron chi connectivity index (χ1n) is 20.4. The van der Waals surface area contributed by atoms with Crippen LogP contribution in [0, 0.1) is 5.92 Å². The van der Waals surface area contributed by atoms with Gasteiger partial charge in [-0.25, -0.2) is 18.2 Å². The first kappa shape index (κ1) is 38.5. The molecule has 0 bridgehead atoms. The van der Waals surface area contributed by atoms with Gasteiger partial charge in [-0.3, -0.25) is 19.1 Å². The number of fused-ring (bicyclic) bond motifs is 5. The molecule has 3 N–H and O–H groups in total. The zero-order valence-corrected chi connectivity index (χ0v) is 33.6. The molecule has 0 radical (unpaired) electrons. The molecule has 3 saturated carbocycles. The maximum atomic E-state index is 14.7. The van der Waals surface area contributed by atoms with Crippen LogP contribution in [0.3, 0.4) is 0 Å². The molecule has 2 aliphatic heterocycles. The summed E-state index contributed by atoms with van der Waals surface area (Å²) in [5.74, 6) is -1.92. The van der Waals surface area contributed by atoms with Crippen LogP contribution in [0.1, 0.15) is 83.5 Å². The predicted octanol–water partition coefficient (Wildman–Crippen LogP) is 5.00. The molecule has 0 unspecified atom stereocenters. The Labute approximate surface area is 340 Å². The van der Waals surface area contributed by atoms with Crippen LogP contribution in [0.2, 0.25) is 0 Å². The fourth-order valence-electron chi connectivity index (χ4n) is 8.60. The topological polar surface area (TPSA) is 190 Å². The summed E-state index contributed by atoms with van der Waals surface area (Å²) in [6.07, 6.45) is 10.2. The summed E-state index contributed by atoms with van der Waals surface area (Å²) in [7, 11) is -3.90. The average Bonchev–Trinajstić information content (AvgIpc) is 3.81. The number of ether oxygens (including phenoxy) is 2. The van der Waals surface area contributed by atoms with E-state index in [1.165, 1.54) is 4.90 Å². The number of rotatable bonds is 8. The lowest BCUT2D eigenvalue weighted by Gasteiger charge is -2.30. The molecule has 0 spiro atoms. The van der Waals surface area contributed by atoms with Crippen molar-refractivity contribution in [1.82, 2.24) is 34.9 Å². The van der Waals surface area contributed by atoms with Crippen molar-refractivity contribution in [2.75, 3.05) is 6.54 Å². The van der Waals surface area contributed by atoms with Gasteiger partial charge in [-0.15, -0.1) is 0 Å². The molecule has 3 aliphatic carbocycles. The third-order valence-electron chi connectivity index (χ3n) is 12.1. The van der Waals surface area contributed by atoms with E-state index in [0.717, 1.165) is 55.0 Å².